The quantitative estimate of drug-likeness (QED) is 0.630. The van der Waals surface area contributed by atoms with Crippen LogP contribution in [0.1, 0.15) is 19.3 Å². The predicted octanol–water partition coefficient (Wildman–Crippen LogP) is 2.21. The van der Waals surface area contributed by atoms with Gasteiger partial charge in [-0.15, -0.1) is 0 Å². The van der Waals surface area contributed by atoms with Crippen molar-refractivity contribution in [2.75, 3.05) is 30.6 Å². The standard InChI is InChI=1S/C18H21ClN2O7S2/c1-27-13-7-14(28-2)11(6-10(13)19)21-12-8-30(25,26)9-15(12)29-18(21)20-16(22)4-3-5-17(23)24/h6-7,12,15H,3-5,8-9H2,1-2H3,(H,23,24)/t12-,15-/m0/s1. The summed E-state index contributed by atoms with van der Waals surface area (Å²) in [5, 5.41) is 9.09. The minimum Gasteiger partial charge on any atom is -0.495 e. The van der Waals surface area contributed by atoms with Crippen molar-refractivity contribution in [2.45, 2.75) is 30.6 Å². The fourth-order valence-electron chi connectivity index (χ4n) is 3.43. The lowest BCUT2D eigenvalue weighted by Gasteiger charge is -2.26. The number of thioether (sulfide) groups is 1. The summed E-state index contributed by atoms with van der Waals surface area (Å²) in [5.41, 5.74) is 0.484. The molecule has 1 N–H and O–H groups in total. The van der Waals surface area contributed by atoms with E-state index in [1.165, 1.54) is 26.0 Å². The lowest BCUT2D eigenvalue weighted by molar-refractivity contribution is -0.137. The van der Waals surface area contributed by atoms with E-state index in [0.717, 1.165) is 0 Å². The second kappa shape index (κ2) is 9.03. The smallest absolute Gasteiger partial charge is 0.303 e. The van der Waals surface area contributed by atoms with Crippen molar-refractivity contribution in [2.24, 2.45) is 4.99 Å². The van der Waals surface area contributed by atoms with Gasteiger partial charge in [0.2, 0.25) is 5.91 Å². The van der Waals surface area contributed by atoms with Gasteiger partial charge in [0, 0.05) is 24.2 Å². The molecule has 2 atom stereocenters. The van der Waals surface area contributed by atoms with Gasteiger partial charge in [0.15, 0.2) is 15.0 Å². The van der Waals surface area contributed by atoms with Crippen molar-refractivity contribution < 1.29 is 32.6 Å². The van der Waals surface area contributed by atoms with Crippen molar-refractivity contribution in [3.8, 4) is 11.5 Å². The highest BCUT2D eigenvalue weighted by Crippen LogP contribution is 2.46. The largest absolute Gasteiger partial charge is 0.495 e. The fourth-order valence-corrected chi connectivity index (χ4v) is 7.59. The molecule has 2 heterocycles. The third-order valence-electron chi connectivity index (χ3n) is 4.78. The maximum Gasteiger partial charge on any atom is 0.303 e. The number of carboxylic acid groups (broad SMARTS) is 1. The van der Waals surface area contributed by atoms with E-state index < -0.39 is 27.8 Å². The summed E-state index contributed by atoms with van der Waals surface area (Å²) < 4.78 is 35.1. The number of sulfone groups is 1. The van der Waals surface area contributed by atoms with Gasteiger partial charge in [-0.1, -0.05) is 23.4 Å². The number of aliphatic carboxylic acids is 1. The van der Waals surface area contributed by atoms with Crippen LogP contribution in [0.3, 0.4) is 0 Å². The van der Waals surface area contributed by atoms with Crippen LogP contribution < -0.4 is 14.4 Å². The SMILES string of the molecule is COc1cc(OC)c(N2C(=NC(=O)CCCC(=O)O)S[C@H]3CS(=O)(=O)C[C@@H]32)cc1Cl. The first kappa shape index (κ1) is 22.7. The Balaban J connectivity index is 1.98. The van der Waals surface area contributed by atoms with Crippen LogP contribution in [0.2, 0.25) is 5.02 Å². The van der Waals surface area contributed by atoms with Gasteiger partial charge in [-0.25, -0.2) is 8.42 Å². The van der Waals surface area contributed by atoms with E-state index in [2.05, 4.69) is 4.99 Å². The number of aliphatic imine (C=N–C) groups is 1. The number of fused-ring (bicyclic) bond motifs is 1. The van der Waals surface area contributed by atoms with Gasteiger partial charge >= 0.3 is 5.97 Å². The molecule has 0 unspecified atom stereocenters. The van der Waals surface area contributed by atoms with Gasteiger partial charge in [0.1, 0.15) is 11.5 Å². The molecule has 2 saturated heterocycles. The number of halogens is 1. The minimum atomic E-state index is -3.23. The summed E-state index contributed by atoms with van der Waals surface area (Å²) in [6.45, 7) is 0. The van der Waals surface area contributed by atoms with Gasteiger partial charge in [0.05, 0.1) is 42.5 Å². The number of hydrogen-bond acceptors (Lipinski definition) is 7. The maximum absolute atomic E-state index is 12.3. The Kier molecular flexibility index (Phi) is 6.83. The summed E-state index contributed by atoms with van der Waals surface area (Å²) in [5.74, 6) is -0.758. The molecule has 0 spiro atoms. The van der Waals surface area contributed by atoms with Crippen molar-refractivity contribution in [3.63, 3.8) is 0 Å². The molecule has 0 radical (unpaired) electrons. The molecule has 12 heteroatoms. The third kappa shape index (κ3) is 4.84. The Morgan fingerprint density at radius 3 is 2.57 bits per heavy atom. The van der Waals surface area contributed by atoms with E-state index in [1.54, 1.807) is 17.0 Å². The van der Waals surface area contributed by atoms with Gasteiger partial charge in [0.25, 0.3) is 0 Å². The highest BCUT2D eigenvalue weighted by molar-refractivity contribution is 8.16. The van der Waals surface area contributed by atoms with Crippen LogP contribution in [0.15, 0.2) is 17.1 Å². The summed E-state index contributed by atoms with van der Waals surface area (Å²) in [4.78, 5) is 28.8. The molecule has 0 saturated carbocycles. The Morgan fingerprint density at radius 1 is 1.23 bits per heavy atom. The number of carboxylic acids is 1. The zero-order chi connectivity index (χ0) is 22.1. The van der Waals surface area contributed by atoms with Crippen LogP contribution in [-0.2, 0) is 19.4 Å². The zero-order valence-electron chi connectivity index (χ0n) is 16.3. The molecule has 0 aliphatic carbocycles. The van der Waals surface area contributed by atoms with E-state index in [-0.39, 0.29) is 36.0 Å². The van der Waals surface area contributed by atoms with Crippen molar-refractivity contribution in [1.29, 1.82) is 0 Å². The van der Waals surface area contributed by atoms with Gasteiger partial charge in [-0.2, -0.15) is 4.99 Å². The number of hydrogen-bond donors (Lipinski definition) is 1. The van der Waals surface area contributed by atoms with Crippen LogP contribution in [-0.4, -0.2) is 67.6 Å². The fraction of sp³-hybridized carbons (Fsp3) is 0.500. The molecule has 2 aliphatic heterocycles. The van der Waals surface area contributed by atoms with Crippen LogP contribution in [0.4, 0.5) is 5.69 Å². The summed E-state index contributed by atoms with van der Waals surface area (Å²) in [6, 6.07) is 2.76. The van der Waals surface area contributed by atoms with Crippen LogP contribution >= 0.6 is 23.4 Å². The van der Waals surface area contributed by atoms with E-state index in [0.29, 0.717) is 27.4 Å². The molecule has 0 aromatic heterocycles. The summed E-state index contributed by atoms with van der Waals surface area (Å²) >= 11 is 7.51. The molecule has 30 heavy (non-hydrogen) atoms. The average molecular weight is 477 g/mol. The van der Waals surface area contributed by atoms with Crippen LogP contribution in [0, 0.1) is 0 Å². The lowest BCUT2D eigenvalue weighted by Crippen LogP contribution is -2.38. The van der Waals surface area contributed by atoms with Crippen LogP contribution in [0.25, 0.3) is 0 Å². The Bertz CT molecular complexity index is 996. The molecule has 3 rings (SSSR count). The van der Waals surface area contributed by atoms with E-state index in [9.17, 15) is 18.0 Å². The number of carbonyl (C=O) groups is 2. The molecule has 2 aliphatic rings. The molecule has 2 fully saturated rings. The molecular formula is C18H21ClN2O7S2. The van der Waals surface area contributed by atoms with Gasteiger partial charge < -0.3 is 19.5 Å². The van der Waals surface area contributed by atoms with Crippen molar-refractivity contribution in [3.05, 3.63) is 17.2 Å². The highest BCUT2D eigenvalue weighted by atomic mass is 35.5. The zero-order valence-corrected chi connectivity index (χ0v) is 18.7. The van der Waals surface area contributed by atoms with E-state index in [1.807, 2.05) is 0 Å². The molecular weight excluding hydrogens is 456 g/mol. The number of amidine groups is 1. The molecule has 1 amide bonds. The van der Waals surface area contributed by atoms with E-state index in [4.69, 9.17) is 26.2 Å². The second-order valence-corrected chi connectivity index (χ2v) is 10.6. The van der Waals surface area contributed by atoms with Gasteiger partial charge in [-0.05, 0) is 12.5 Å². The number of amides is 1. The third-order valence-corrected chi connectivity index (χ3v) is 8.29. The highest BCUT2D eigenvalue weighted by Gasteiger charge is 2.50. The Morgan fingerprint density at radius 2 is 1.93 bits per heavy atom. The number of carbonyl (C=O) groups excluding carboxylic acids is 1. The first-order chi connectivity index (χ1) is 14.1. The summed E-state index contributed by atoms with van der Waals surface area (Å²) in [7, 11) is -0.300. The minimum absolute atomic E-state index is 0.0155. The lowest BCUT2D eigenvalue weighted by atomic mass is 10.1. The number of nitrogens with zero attached hydrogens (tertiary/aromatic N) is 2. The Hall–Kier alpha value is -1.98. The van der Waals surface area contributed by atoms with Crippen molar-refractivity contribution >= 4 is 55.9 Å². The summed E-state index contributed by atoms with van der Waals surface area (Å²) in [6.07, 6.45) is 0.0335. The normalized spacial score (nSPS) is 23.4. The average Bonchev–Trinajstić information content (AvgIpc) is 3.11. The van der Waals surface area contributed by atoms with Crippen molar-refractivity contribution in [1.82, 2.24) is 0 Å². The first-order valence-corrected chi connectivity index (χ1v) is 12.1. The molecule has 1 aromatic carbocycles. The monoisotopic (exact) mass is 476 g/mol. The number of ether oxygens (including phenoxy) is 2. The molecule has 1 aromatic rings. The number of benzene rings is 1. The first-order valence-electron chi connectivity index (χ1n) is 9.06. The maximum atomic E-state index is 12.3. The number of methoxy groups -OCH3 is 2. The topological polar surface area (TPSA) is 123 Å². The molecule has 0 bridgehead atoms. The predicted molar refractivity (Wildman–Crippen MR) is 115 cm³/mol. The van der Waals surface area contributed by atoms with Crippen LogP contribution in [0.5, 0.6) is 11.5 Å². The molecule has 164 valence electrons. The number of rotatable bonds is 7. The Labute approximate surface area is 183 Å². The van der Waals surface area contributed by atoms with E-state index >= 15 is 0 Å². The second-order valence-electron chi connectivity index (χ2n) is 6.86. The van der Waals surface area contributed by atoms with Gasteiger partial charge in [-0.3, -0.25) is 9.59 Å². The molecule has 9 nitrogen and oxygen atoms in total. The number of anilines is 1.